The lowest BCUT2D eigenvalue weighted by atomic mass is 10.5. The molecule has 0 saturated heterocycles. The van der Waals surface area contributed by atoms with Gasteiger partial charge in [-0.15, -0.1) is 0 Å². The van der Waals surface area contributed by atoms with E-state index < -0.39 is 0 Å². The fraction of sp³-hybridized carbons (Fsp3) is 0.364. The van der Waals surface area contributed by atoms with E-state index in [4.69, 9.17) is 0 Å². The molecule has 4 aromatic rings. The number of hydrogen-bond donors (Lipinski definition) is 0. The Balaban J connectivity index is 0. The summed E-state index contributed by atoms with van der Waals surface area (Å²) >= 11 is 0. The zero-order valence-corrected chi connectivity index (χ0v) is 19.1. The number of rotatable bonds is 0. The maximum absolute atomic E-state index is 3.88. The number of hydrogen-bond acceptors (Lipinski definition) is 4. The minimum atomic E-state index is 1.19. The molecule has 4 aromatic heterocycles. The van der Waals surface area contributed by atoms with Crippen molar-refractivity contribution >= 4 is 0 Å². The van der Waals surface area contributed by atoms with Gasteiger partial charge in [-0.3, -0.25) is 4.98 Å². The van der Waals surface area contributed by atoms with Gasteiger partial charge in [0.05, 0.1) is 19.0 Å². The predicted octanol–water partition coefficient (Wildman–Crippen LogP) is 4.70. The van der Waals surface area contributed by atoms with Crippen LogP contribution in [-0.4, -0.2) is 33.6 Å². The van der Waals surface area contributed by atoms with Crippen LogP contribution in [0.3, 0.4) is 0 Å². The van der Waals surface area contributed by atoms with Crippen molar-refractivity contribution < 1.29 is 0 Å². The van der Waals surface area contributed by atoms with E-state index in [1.54, 1.807) is 43.8 Å². The van der Waals surface area contributed by atoms with Gasteiger partial charge in [-0.1, -0.05) is 33.8 Å². The van der Waals surface area contributed by atoms with Crippen LogP contribution in [0.5, 0.6) is 0 Å². The van der Waals surface area contributed by atoms with E-state index in [1.807, 2.05) is 106 Å². The first-order valence-electron chi connectivity index (χ1n) is 9.71. The lowest BCUT2D eigenvalue weighted by Gasteiger charge is -1.87. The first-order chi connectivity index (χ1) is 14.1. The SMILES string of the molecule is CC.CC.Cc1cncn1C.Cn1ccnc1.Cn1ccnc1.c1ccncc1. The molecule has 0 spiro atoms. The Morgan fingerprint density at radius 2 is 1.07 bits per heavy atom. The van der Waals surface area contributed by atoms with Gasteiger partial charge in [0.15, 0.2) is 0 Å². The molecule has 0 fully saturated rings. The number of aryl methyl sites for hydroxylation is 4. The summed E-state index contributed by atoms with van der Waals surface area (Å²) in [5.41, 5.74) is 1.19. The Bertz CT molecular complexity index is 670. The van der Waals surface area contributed by atoms with E-state index in [9.17, 15) is 0 Å². The van der Waals surface area contributed by atoms with Crippen molar-refractivity contribution in [3.8, 4) is 0 Å². The van der Waals surface area contributed by atoms with Gasteiger partial charge in [0, 0.05) is 70.2 Å². The normalized spacial score (nSPS) is 8.00. The summed E-state index contributed by atoms with van der Waals surface area (Å²) in [6.07, 6.45) is 17.9. The van der Waals surface area contributed by atoms with Crippen LogP contribution in [0.4, 0.5) is 0 Å². The van der Waals surface area contributed by atoms with E-state index in [0.717, 1.165) is 0 Å². The van der Waals surface area contributed by atoms with Crippen molar-refractivity contribution in [1.82, 2.24) is 33.6 Å². The van der Waals surface area contributed by atoms with Gasteiger partial charge >= 0.3 is 0 Å². The van der Waals surface area contributed by atoms with Crippen molar-refractivity contribution in [1.29, 1.82) is 0 Å². The molecule has 7 heteroatoms. The Labute approximate surface area is 176 Å². The highest BCUT2D eigenvalue weighted by Crippen LogP contribution is 1.88. The first-order valence-corrected chi connectivity index (χ1v) is 9.71. The molecule has 29 heavy (non-hydrogen) atoms. The standard InChI is InChI=1S/C5H8N2.C5H5N.2C4H6N2.2C2H6/c1-5-3-6-4-7(5)2;1-2-4-6-5-3-1;2*1-6-3-2-5-4-6;2*1-2/h3-4H,1-2H3;1-5H;2*2-4H,1H3;2*1-2H3. The molecule has 4 heterocycles. The molecule has 0 aliphatic heterocycles. The molecule has 0 saturated carbocycles. The van der Waals surface area contributed by atoms with E-state index in [2.05, 4.69) is 19.9 Å². The van der Waals surface area contributed by atoms with Crippen LogP contribution in [0, 0.1) is 6.92 Å². The van der Waals surface area contributed by atoms with Crippen molar-refractivity contribution in [3.63, 3.8) is 0 Å². The average molecular weight is 400 g/mol. The smallest absolute Gasteiger partial charge is 0.0945 e. The van der Waals surface area contributed by atoms with Crippen molar-refractivity contribution in [3.05, 3.63) is 86.3 Å². The second-order valence-corrected chi connectivity index (χ2v) is 5.13. The molecule has 0 unspecified atom stereocenters. The summed E-state index contributed by atoms with van der Waals surface area (Å²) in [6, 6.07) is 5.72. The third-order valence-corrected chi connectivity index (χ3v) is 2.90. The van der Waals surface area contributed by atoms with Gasteiger partial charge in [0.1, 0.15) is 0 Å². The molecule has 4 rings (SSSR count). The minimum Gasteiger partial charge on any atom is -0.341 e. The van der Waals surface area contributed by atoms with E-state index in [1.165, 1.54) is 5.69 Å². The molecule has 0 amide bonds. The molecule has 0 radical (unpaired) electrons. The lowest BCUT2D eigenvalue weighted by molar-refractivity contribution is 0.873. The van der Waals surface area contributed by atoms with Gasteiger partial charge in [-0.25, -0.2) is 15.0 Å². The third-order valence-electron chi connectivity index (χ3n) is 2.90. The molecular weight excluding hydrogens is 362 g/mol. The van der Waals surface area contributed by atoms with Gasteiger partial charge in [-0.2, -0.15) is 0 Å². The monoisotopic (exact) mass is 399 g/mol. The van der Waals surface area contributed by atoms with Gasteiger partial charge in [-0.05, 0) is 19.1 Å². The number of aromatic nitrogens is 7. The second-order valence-electron chi connectivity index (χ2n) is 5.13. The summed E-state index contributed by atoms with van der Waals surface area (Å²) in [6.45, 7) is 10.0. The molecule has 0 aromatic carbocycles. The fourth-order valence-electron chi connectivity index (χ4n) is 1.39. The summed E-state index contributed by atoms with van der Waals surface area (Å²) < 4.78 is 5.75. The second kappa shape index (κ2) is 21.1. The summed E-state index contributed by atoms with van der Waals surface area (Å²) in [5.74, 6) is 0. The lowest BCUT2D eigenvalue weighted by Crippen LogP contribution is -1.84. The summed E-state index contributed by atoms with van der Waals surface area (Å²) in [5, 5.41) is 0. The Hall–Kier alpha value is -3.22. The predicted molar refractivity (Wildman–Crippen MR) is 121 cm³/mol. The molecule has 0 atom stereocenters. The van der Waals surface area contributed by atoms with Crippen LogP contribution in [0.2, 0.25) is 0 Å². The van der Waals surface area contributed by atoms with Crippen molar-refractivity contribution in [2.45, 2.75) is 34.6 Å². The Kier molecular flexibility index (Phi) is 20.4. The van der Waals surface area contributed by atoms with Crippen LogP contribution in [0.25, 0.3) is 0 Å². The molecule has 0 N–H and O–H groups in total. The van der Waals surface area contributed by atoms with Crippen LogP contribution in [-0.2, 0) is 21.1 Å². The molecule has 160 valence electrons. The van der Waals surface area contributed by atoms with E-state index in [0.29, 0.717) is 0 Å². The number of nitrogens with zero attached hydrogens (tertiary/aromatic N) is 7. The molecule has 0 aliphatic carbocycles. The molecule has 0 bridgehead atoms. The number of pyridine rings is 1. The zero-order valence-electron chi connectivity index (χ0n) is 19.1. The molecule has 0 aliphatic rings. The highest BCUT2D eigenvalue weighted by molar-refractivity contribution is 4.92. The first kappa shape index (κ1) is 28.0. The van der Waals surface area contributed by atoms with Crippen LogP contribution in [0.15, 0.2) is 80.6 Å². The van der Waals surface area contributed by atoms with E-state index in [-0.39, 0.29) is 0 Å². The maximum Gasteiger partial charge on any atom is 0.0945 e. The largest absolute Gasteiger partial charge is 0.341 e. The summed E-state index contributed by atoms with van der Waals surface area (Å²) in [4.78, 5) is 15.2. The highest BCUT2D eigenvalue weighted by atomic mass is 15.0. The topological polar surface area (TPSA) is 66.3 Å². The number of imidazole rings is 3. The van der Waals surface area contributed by atoms with Crippen molar-refractivity contribution in [2.75, 3.05) is 0 Å². The average Bonchev–Trinajstić information content (AvgIpc) is 3.54. The van der Waals surface area contributed by atoms with Crippen LogP contribution in [0.1, 0.15) is 33.4 Å². The maximum atomic E-state index is 3.88. The Morgan fingerprint density at radius 3 is 1.17 bits per heavy atom. The van der Waals surface area contributed by atoms with Gasteiger partial charge in [0.25, 0.3) is 0 Å². The third kappa shape index (κ3) is 17.9. The minimum absolute atomic E-state index is 1.19. The quantitative estimate of drug-likeness (QED) is 0.430. The highest BCUT2D eigenvalue weighted by Gasteiger charge is 1.83. The summed E-state index contributed by atoms with van der Waals surface area (Å²) in [7, 11) is 5.85. The molecular formula is C22H37N7. The zero-order chi connectivity index (χ0) is 22.3. The molecule has 7 nitrogen and oxygen atoms in total. The van der Waals surface area contributed by atoms with Crippen LogP contribution < -0.4 is 0 Å². The van der Waals surface area contributed by atoms with Gasteiger partial charge in [0.2, 0.25) is 0 Å². The fourth-order valence-corrected chi connectivity index (χ4v) is 1.39. The van der Waals surface area contributed by atoms with Crippen molar-refractivity contribution in [2.24, 2.45) is 21.1 Å². The van der Waals surface area contributed by atoms with Gasteiger partial charge < -0.3 is 13.7 Å². The Morgan fingerprint density at radius 1 is 0.586 bits per heavy atom. The van der Waals surface area contributed by atoms with E-state index >= 15 is 0 Å². The van der Waals surface area contributed by atoms with Crippen LogP contribution >= 0.6 is 0 Å².